The number of rotatable bonds is 1. The van der Waals surface area contributed by atoms with E-state index in [-0.39, 0.29) is 10.8 Å². The number of halogens is 1. The zero-order chi connectivity index (χ0) is 12.9. The van der Waals surface area contributed by atoms with Gasteiger partial charge in [-0.2, -0.15) is 0 Å². The third-order valence-electron chi connectivity index (χ3n) is 3.96. The Morgan fingerprint density at radius 3 is 2.56 bits per heavy atom. The SMILES string of the molecule is COc1cc2c(c3ccccc13)C(C)(C)CC2Cl. The van der Waals surface area contributed by atoms with Crippen LogP contribution >= 0.6 is 11.6 Å². The van der Waals surface area contributed by atoms with Crippen LogP contribution in [0, 0.1) is 0 Å². The van der Waals surface area contributed by atoms with E-state index in [2.05, 4.69) is 44.2 Å². The Bertz CT molecular complexity index is 616. The largest absolute Gasteiger partial charge is 0.496 e. The second-order valence-electron chi connectivity index (χ2n) is 5.64. The minimum Gasteiger partial charge on any atom is -0.496 e. The molecule has 0 saturated heterocycles. The number of hydrogen-bond donors (Lipinski definition) is 0. The number of hydrogen-bond acceptors (Lipinski definition) is 1. The van der Waals surface area contributed by atoms with Crippen molar-refractivity contribution in [3.63, 3.8) is 0 Å². The second-order valence-corrected chi connectivity index (χ2v) is 6.17. The molecule has 1 unspecified atom stereocenters. The predicted molar refractivity (Wildman–Crippen MR) is 76.7 cm³/mol. The Kier molecular flexibility index (Phi) is 2.56. The molecule has 1 nitrogen and oxygen atoms in total. The van der Waals surface area contributed by atoms with Crippen molar-refractivity contribution < 1.29 is 4.74 Å². The molecule has 0 N–H and O–H groups in total. The van der Waals surface area contributed by atoms with Crippen molar-refractivity contribution in [2.75, 3.05) is 7.11 Å². The maximum atomic E-state index is 6.50. The average Bonchev–Trinajstić information content (AvgIpc) is 2.58. The van der Waals surface area contributed by atoms with Gasteiger partial charge in [0.1, 0.15) is 5.75 Å². The van der Waals surface area contributed by atoms with E-state index in [0.717, 1.165) is 12.2 Å². The van der Waals surface area contributed by atoms with Gasteiger partial charge in [-0.1, -0.05) is 38.1 Å². The van der Waals surface area contributed by atoms with E-state index in [4.69, 9.17) is 16.3 Å². The van der Waals surface area contributed by atoms with Crippen LogP contribution in [0.15, 0.2) is 30.3 Å². The monoisotopic (exact) mass is 260 g/mol. The molecular formula is C16H17ClO. The molecule has 2 aromatic rings. The first-order valence-corrected chi connectivity index (χ1v) is 6.72. The van der Waals surface area contributed by atoms with Crippen LogP contribution in [0.4, 0.5) is 0 Å². The van der Waals surface area contributed by atoms with Crippen LogP contribution in [0.3, 0.4) is 0 Å². The standard InChI is InChI=1S/C16H17ClO/c1-16(2)9-13(17)12-8-14(18-3)10-6-4-5-7-11(10)15(12)16/h4-8,13H,9H2,1-3H3. The summed E-state index contributed by atoms with van der Waals surface area (Å²) < 4.78 is 5.51. The highest BCUT2D eigenvalue weighted by molar-refractivity contribution is 6.22. The minimum atomic E-state index is 0.0912. The summed E-state index contributed by atoms with van der Waals surface area (Å²) in [5.74, 6) is 0.924. The lowest BCUT2D eigenvalue weighted by atomic mass is 9.83. The van der Waals surface area contributed by atoms with Crippen molar-refractivity contribution in [3.8, 4) is 5.75 Å². The van der Waals surface area contributed by atoms with Gasteiger partial charge in [0.25, 0.3) is 0 Å². The molecule has 0 saturated carbocycles. The van der Waals surface area contributed by atoms with E-state index >= 15 is 0 Å². The highest BCUT2D eigenvalue weighted by atomic mass is 35.5. The summed E-state index contributed by atoms with van der Waals surface area (Å²) >= 11 is 6.50. The first-order valence-electron chi connectivity index (χ1n) is 6.29. The van der Waals surface area contributed by atoms with Crippen molar-refractivity contribution in [3.05, 3.63) is 41.5 Å². The van der Waals surface area contributed by atoms with E-state index in [1.54, 1.807) is 7.11 Å². The fourth-order valence-electron chi connectivity index (χ4n) is 3.19. The smallest absolute Gasteiger partial charge is 0.127 e. The van der Waals surface area contributed by atoms with E-state index < -0.39 is 0 Å². The summed E-state index contributed by atoms with van der Waals surface area (Å²) in [6, 6.07) is 10.5. The fourth-order valence-corrected chi connectivity index (χ4v) is 3.75. The van der Waals surface area contributed by atoms with Gasteiger partial charge in [0.15, 0.2) is 0 Å². The van der Waals surface area contributed by atoms with Gasteiger partial charge in [-0.15, -0.1) is 11.6 Å². The van der Waals surface area contributed by atoms with Crippen LogP contribution in [0.1, 0.15) is 36.8 Å². The molecule has 0 aliphatic heterocycles. The molecule has 94 valence electrons. The lowest BCUT2D eigenvalue weighted by Crippen LogP contribution is -2.12. The van der Waals surface area contributed by atoms with Crippen LogP contribution in [-0.4, -0.2) is 7.11 Å². The zero-order valence-corrected chi connectivity index (χ0v) is 11.7. The molecule has 3 rings (SSSR count). The van der Waals surface area contributed by atoms with E-state index in [1.165, 1.54) is 21.9 Å². The summed E-state index contributed by atoms with van der Waals surface area (Å²) in [7, 11) is 1.72. The molecule has 0 spiro atoms. The fraction of sp³-hybridized carbons (Fsp3) is 0.375. The molecule has 0 fully saturated rings. The Hall–Kier alpha value is -1.21. The third-order valence-corrected chi connectivity index (χ3v) is 4.35. The summed E-state index contributed by atoms with van der Waals surface area (Å²) in [5, 5.41) is 2.55. The molecule has 0 heterocycles. The molecule has 0 aromatic heterocycles. The van der Waals surface area contributed by atoms with Crippen molar-refractivity contribution in [1.82, 2.24) is 0 Å². The van der Waals surface area contributed by atoms with Crippen LogP contribution in [0.5, 0.6) is 5.75 Å². The summed E-state index contributed by atoms with van der Waals surface area (Å²) in [6.45, 7) is 4.54. The van der Waals surface area contributed by atoms with E-state index in [9.17, 15) is 0 Å². The molecule has 2 aromatic carbocycles. The number of alkyl halides is 1. The Morgan fingerprint density at radius 2 is 1.89 bits per heavy atom. The lowest BCUT2D eigenvalue weighted by Gasteiger charge is -2.21. The number of benzene rings is 2. The minimum absolute atomic E-state index is 0.0912. The van der Waals surface area contributed by atoms with Gasteiger partial charge < -0.3 is 4.74 Å². The van der Waals surface area contributed by atoms with Crippen LogP contribution in [0.2, 0.25) is 0 Å². The molecule has 1 aliphatic carbocycles. The topological polar surface area (TPSA) is 9.23 Å². The quantitative estimate of drug-likeness (QED) is 0.669. The average molecular weight is 261 g/mol. The van der Waals surface area contributed by atoms with E-state index in [1.807, 2.05) is 0 Å². The normalized spacial score (nSPS) is 21.0. The predicted octanol–water partition coefficient (Wildman–Crippen LogP) is 4.81. The summed E-state index contributed by atoms with van der Waals surface area (Å²) in [5.41, 5.74) is 2.75. The maximum absolute atomic E-state index is 6.50. The molecule has 0 bridgehead atoms. The molecule has 18 heavy (non-hydrogen) atoms. The lowest BCUT2D eigenvalue weighted by molar-refractivity contribution is 0.419. The van der Waals surface area contributed by atoms with Gasteiger partial charge in [-0.05, 0) is 34.4 Å². The Morgan fingerprint density at radius 1 is 1.22 bits per heavy atom. The van der Waals surface area contributed by atoms with Gasteiger partial charge in [-0.3, -0.25) is 0 Å². The van der Waals surface area contributed by atoms with Crippen LogP contribution < -0.4 is 4.74 Å². The van der Waals surface area contributed by atoms with Gasteiger partial charge in [0.05, 0.1) is 12.5 Å². The third kappa shape index (κ3) is 1.54. The van der Waals surface area contributed by atoms with Gasteiger partial charge >= 0.3 is 0 Å². The first-order chi connectivity index (χ1) is 8.54. The molecular weight excluding hydrogens is 244 g/mol. The first kappa shape index (κ1) is 11.9. The molecule has 1 aliphatic rings. The molecule has 2 heteroatoms. The Balaban J connectivity index is 2.44. The van der Waals surface area contributed by atoms with Crippen molar-refractivity contribution in [2.24, 2.45) is 0 Å². The zero-order valence-electron chi connectivity index (χ0n) is 11.0. The highest BCUT2D eigenvalue weighted by Crippen LogP contribution is 2.52. The van der Waals surface area contributed by atoms with Gasteiger partial charge in [0, 0.05) is 5.39 Å². The number of fused-ring (bicyclic) bond motifs is 3. The Labute approximate surface area is 113 Å². The summed E-state index contributed by atoms with van der Waals surface area (Å²) in [6.07, 6.45) is 0.987. The van der Waals surface area contributed by atoms with E-state index in [0.29, 0.717) is 0 Å². The van der Waals surface area contributed by atoms with Gasteiger partial charge in [0.2, 0.25) is 0 Å². The second kappa shape index (κ2) is 3.89. The maximum Gasteiger partial charge on any atom is 0.127 e. The number of ether oxygens (including phenoxy) is 1. The molecule has 1 atom stereocenters. The van der Waals surface area contributed by atoms with Crippen molar-refractivity contribution >= 4 is 22.4 Å². The van der Waals surface area contributed by atoms with Crippen molar-refractivity contribution in [1.29, 1.82) is 0 Å². The molecule has 0 radical (unpaired) electrons. The van der Waals surface area contributed by atoms with Crippen molar-refractivity contribution in [2.45, 2.75) is 31.1 Å². The summed E-state index contributed by atoms with van der Waals surface area (Å²) in [4.78, 5) is 0. The van der Waals surface area contributed by atoms with Gasteiger partial charge in [-0.25, -0.2) is 0 Å². The van der Waals surface area contributed by atoms with Crippen LogP contribution in [0.25, 0.3) is 10.8 Å². The number of methoxy groups -OCH3 is 1. The van der Waals surface area contributed by atoms with Crippen LogP contribution in [-0.2, 0) is 5.41 Å². The molecule has 0 amide bonds. The highest BCUT2D eigenvalue weighted by Gasteiger charge is 2.37.